The first-order chi connectivity index (χ1) is 29.7. The third kappa shape index (κ3) is 5.70. The zero-order valence-corrected chi connectivity index (χ0v) is 33.1. The van der Waals surface area contributed by atoms with Crippen molar-refractivity contribution in [3.05, 3.63) is 206 Å². The number of rotatable bonds is 6. The van der Waals surface area contributed by atoms with Gasteiger partial charge in [0.25, 0.3) is 0 Å². The SMILES string of the molecule is c1ccc(-c2nc(-c3cccc(-c4ccc5c(c4)sc4ccccc45)c3)nc(-c3ccc(-c4cccc5ccccc45)cc3-n3c4ccccc4c4ccccc43)n2)cc1. The zero-order valence-electron chi connectivity index (χ0n) is 32.3. The molecular weight excluding hydrogens is 749 g/mol. The van der Waals surface area contributed by atoms with Gasteiger partial charge in [-0.3, -0.25) is 0 Å². The van der Waals surface area contributed by atoms with Crippen LogP contribution in [0.3, 0.4) is 0 Å². The lowest BCUT2D eigenvalue weighted by molar-refractivity contribution is 1.06. The predicted molar refractivity (Wildman–Crippen MR) is 252 cm³/mol. The number of para-hydroxylation sites is 2. The molecular formula is C55H34N4S. The van der Waals surface area contributed by atoms with Crippen LogP contribution in [0.1, 0.15) is 0 Å². The third-order valence-electron chi connectivity index (χ3n) is 11.7. The summed E-state index contributed by atoms with van der Waals surface area (Å²) >= 11 is 1.84. The summed E-state index contributed by atoms with van der Waals surface area (Å²) < 4.78 is 4.96. The van der Waals surface area contributed by atoms with Gasteiger partial charge in [0.1, 0.15) is 0 Å². The first-order valence-corrected chi connectivity index (χ1v) is 21.0. The average Bonchev–Trinajstić information content (AvgIpc) is 3.87. The van der Waals surface area contributed by atoms with Crippen molar-refractivity contribution in [3.8, 4) is 62.1 Å². The predicted octanol–water partition coefficient (Wildman–Crippen LogP) is 14.8. The van der Waals surface area contributed by atoms with Crippen molar-refractivity contribution in [2.24, 2.45) is 0 Å². The minimum absolute atomic E-state index is 0.609. The molecule has 12 aromatic rings. The van der Waals surface area contributed by atoms with Gasteiger partial charge in [-0.25, -0.2) is 15.0 Å². The largest absolute Gasteiger partial charge is 0.308 e. The Bertz CT molecular complexity index is 3560. The Labute approximate surface area is 350 Å². The molecule has 0 fully saturated rings. The fourth-order valence-corrected chi connectivity index (χ4v) is 9.96. The molecule has 0 radical (unpaired) electrons. The highest BCUT2D eigenvalue weighted by molar-refractivity contribution is 7.25. The Morgan fingerprint density at radius 2 is 0.883 bits per heavy atom. The Hall–Kier alpha value is -7.73. The van der Waals surface area contributed by atoms with Crippen molar-refractivity contribution in [3.63, 3.8) is 0 Å². The van der Waals surface area contributed by atoms with Gasteiger partial charge in [0.15, 0.2) is 17.5 Å². The lowest BCUT2D eigenvalue weighted by atomic mass is 9.96. The van der Waals surface area contributed by atoms with Crippen LogP contribution in [0.5, 0.6) is 0 Å². The van der Waals surface area contributed by atoms with Gasteiger partial charge in [-0.1, -0.05) is 164 Å². The summed E-state index contributed by atoms with van der Waals surface area (Å²) in [6.07, 6.45) is 0. The van der Waals surface area contributed by atoms with E-state index in [1.165, 1.54) is 47.3 Å². The standard InChI is InChI=1S/C55H34N4S/c1-2-15-36(16-3-1)53-56-54(40-19-12-18-37(32-40)38-28-30-46-45-23-8-11-27-51(45)60-52(46)34-38)58-55(57-53)47-31-29-39(42-24-13-17-35-14-4-5-20-41(35)42)33-50(47)59-48-25-9-6-21-43(48)44-22-7-10-26-49(44)59/h1-34H. The Kier molecular flexibility index (Phi) is 8.00. The fourth-order valence-electron chi connectivity index (χ4n) is 8.82. The highest BCUT2D eigenvalue weighted by Crippen LogP contribution is 2.41. The quantitative estimate of drug-likeness (QED) is 0.169. The van der Waals surface area contributed by atoms with Crippen molar-refractivity contribution < 1.29 is 0 Å². The number of hydrogen-bond donors (Lipinski definition) is 0. The van der Waals surface area contributed by atoms with Gasteiger partial charge >= 0.3 is 0 Å². The normalized spacial score (nSPS) is 11.7. The van der Waals surface area contributed by atoms with Gasteiger partial charge in [-0.05, 0) is 75.5 Å². The van der Waals surface area contributed by atoms with Crippen molar-refractivity contribution in [1.29, 1.82) is 0 Å². The minimum atomic E-state index is 0.609. The van der Waals surface area contributed by atoms with Gasteiger partial charge in [0.05, 0.1) is 16.7 Å². The summed E-state index contributed by atoms with van der Waals surface area (Å²) in [5, 5.41) is 7.40. The maximum atomic E-state index is 5.36. The molecule has 12 rings (SSSR count). The number of benzene rings is 9. The molecule has 0 amide bonds. The molecule has 0 aliphatic rings. The fraction of sp³-hybridized carbons (Fsp3) is 0. The maximum Gasteiger partial charge on any atom is 0.166 e. The molecule has 3 heterocycles. The second kappa shape index (κ2) is 14.0. The first kappa shape index (κ1) is 34.3. The van der Waals surface area contributed by atoms with E-state index in [2.05, 4.69) is 193 Å². The Morgan fingerprint density at radius 3 is 1.70 bits per heavy atom. The summed E-state index contributed by atoms with van der Waals surface area (Å²) in [6, 6.07) is 73.4. The molecule has 280 valence electrons. The lowest BCUT2D eigenvalue weighted by Crippen LogP contribution is -2.04. The van der Waals surface area contributed by atoms with E-state index in [1.54, 1.807) is 0 Å². The molecule has 0 aliphatic heterocycles. The molecule has 0 bridgehead atoms. The van der Waals surface area contributed by atoms with Crippen molar-refractivity contribution >= 4 is 64.1 Å². The number of thiophene rings is 1. The summed E-state index contributed by atoms with van der Waals surface area (Å²) in [5.74, 6) is 1.85. The van der Waals surface area contributed by atoms with Crippen LogP contribution in [0.25, 0.3) is 115 Å². The maximum absolute atomic E-state index is 5.36. The van der Waals surface area contributed by atoms with E-state index in [9.17, 15) is 0 Å². The van der Waals surface area contributed by atoms with Crippen molar-refractivity contribution in [2.75, 3.05) is 0 Å². The van der Waals surface area contributed by atoms with Gasteiger partial charge < -0.3 is 4.57 Å². The highest BCUT2D eigenvalue weighted by atomic mass is 32.1. The minimum Gasteiger partial charge on any atom is -0.308 e. The van der Waals surface area contributed by atoms with Gasteiger partial charge in [-0.15, -0.1) is 11.3 Å². The molecule has 0 atom stereocenters. The molecule has 0 N–H and O–H groups in total. The molecule has 0 spiro atoms. The molecule has 0 aliphatic carbocycles. The van der Waals surface area contributed by atoms with Crippen LogP contribution in [0.15, 0.2) is 206 Å². The van der Waals surface area contributed by atoms with E-state index in [0.717, 1.165) is 50.1 Å². The summed E-state index contributed by atoms with van der Waals surface area (Å²) in [6.45, 7) is 0. The molecule has 60 heavy (non-hydrogen) atoms. The molecule has 0 saturated carbocycles. The van der Waals surface area contributed by atoms with E-state index in [0.29, 0.717) is 17.5 Å². The lowest BCUT2D eigenvalue weighted by Gasteiger charge is -2.17. The Morgan fingerprint density at radius 1 is 0.317 bits per heavy atom. The highest BCUT2D eigenvalue weighted by Gasteiger charge is 2.21. The molecule has 0 saturated heterocycles. The average molecular weight is 783 g/mol. The van der Waals surface area contributed by atoms with Gasteiger partial charge in [-0.2, -0.15) is 0 Å². The van der Waals surface area contributed by atoms with Crippen LogP contribution in [-0.4, -0.2) is 19.5 Å². The van der Waals surface area contributed by atoms with Gasteiger partial charge in [0.2, 0.25) is 0 Å². The second-order valence-electron chi connectivity index (χ2n) is 15.2. The van der Waals surface area contributed by atoms with Crippen LogP contribution >= 0.6 is 11.3 Å². The van der Waals surface area contributed by atoms with Crippen LogP contribution in [0, 0.1) is 0 Å². The zero-order chi connectivity index (χ0) is 39.6. The molecule has 3 aromatic heterocycles. The number of hydrogen-bond acceptors (Lipinski definition) is 4. The summed E-state index contributed by atoms with van der Waals surface area (Å²) in [4.78, 5) is 15.8. The smallest absolute Gasteiger partial charge is 0.166 e. The van der Waals surface area contributed by atoms with E-state index in [-0.39, 0.29) is 0 Å². The van der Waals surface area contributed by atoms with E-state index < -0.39 is 0 Å². The monoisotopic (exact) mass is 782 g/mol. The van der Waals surface area contributed by atoms with E-state index >= 15 is 0 Å². The molecule has 9 aromatic carbocycles. The first-order valence-electron chi connectivity index (χ1n) is 20.2. The van der Waals surface area contributed by atoms with E-state index in [1.807, 2.05) is 29.5 Å². The molecule has 4 nitrogen and oxygen atoms in total. The van der Waals surface area contributed by atoms with E-state index in [4.69, 9.17) is 15.0 Å². The van der Waals surface area contributed by atoms with Crippen molar-refractivity contribution in [1.82, 2.24) is 19.5 Å². The van der Waals surface area contributed by atoms with Gasteiger partial charge in [0, 0.05) is 47.6 Å². The second-order valence-corrected chi connectivity index (χ2v) is 16.3. The topological polar surface area (TPSA) is 43.6 Å². The van der Waals surface area contributed by atoms with Crippen LogP contribution in [0.2, 0.25) is 0 Å². The van der Waals surface area contributed by atoms with Crippen LogP contribution < -0.4 is 0 Å². The molecule has 5 heteroatoms. The summed E-state index contributed by atoms with van der Waals surface area (Å²) in [5.41, 5.74) is 10.6. The van der Waals surface area contributed by atoms with Crippen molar-refractivity contribution in [2.45, 2.75) is 0 Å². The van der Waals surface area contributed by atoms with Crippen LogP contribution in [-0.2, 0) is 0 Å². The third-order valence-corrected chi connectivity index (χ3v) is 12.8. The number of nitrogens with zero attached hydrogens (tertiary/aromatic N) is 4. The van der Waals surface area contributed by atoms with Crippen LogP contribution in [0.4, 0.5) is 0 Å². The summed E-state index contributed by atoms with van der Waals surface area (Å²) in [7, 11) is 0. The number of fused-ring (bicyclic) bond motifs is 7. The Balaban J connectivity index is 1.08. The molecule has 0 unspecified atom stereocenters. The number of aromatic nitrogens is 4.